The number of aliphatic carboxylic acids is 1. The summed E-state index contributed by atoms with van der Waals surface area (Å²) in [6.45, 7) is 4.88. The molecule has 1 aliphatic heterocycles. The van der Waals surface area contributed by atoms with Gasteiger partial charge in [-0.2, -0.15) is 17.5 Å². The van der Waals surface area contributed by atoms with Crippen LogP contribution in [0.5, 0.6) is 0 Å². The van der Waals surface area contributed by atoms with Crippen LogP contribution < -0.4 is 5.32 Å². The molecule has 2 rings (SSSR count). The smallest absolute Gasteiger partial charge is 0.475 e. The molecule has 1 saturated heterocycles. The second kappa shape index (κ2) is 11.6. The predicted octanol–water partition coefficient (Wildman–Crippen LogP) is 1.78. The number of nitrogens with zero attached hydrogens (tertiary/aromatic N) is 2. The molecule has 1 heterocycles. The highest BCUT2D eigenvalue weighted by atomic mass is 79.9. The molecule has 1 amide bonds. The van der Waals surface area contributed by atoms with Crippen molar-refractivity contribution in [1.29, 1.82) is 0 Å². The molecule has 30 heavy (non-hydrogen) atoms. The van der Waals surface area contributed by atoms with Gasteiger partial charge in [0.1, 0.15) is 0 Å². The Bertz CT molecular complexity index is 813. The van der Waals surface area contributed by atoms with Crippen molar-refractivity contribution < 1.29 is 36.3 Å². The molecule has 0 unspecified atom stereocenters. The molecule has 13 heteroatoms. The van der Waals surface area contributed by atoms with Crippen molar-refractivity contribution in [2.24, 2.45) is 0 Å². The Balaban J connectivity index is 0.000000553. The van der Waals surface area contributed by atoms with Gasteiger partial charge in [0.25, 0.3) is 5.91 Å². The number of hydrogen-bond donors (Lipinski definition) is 2. The minimum Gasteiger partial charge on any atom is -0.475 e. The molecular weight excluding hydrogens is 495 g/mol. The second-order valence-electron chi connectivity index (χ2n) is 6.16. The average Bonchev–Trinajstić information content (AvgIpc) is 2.69. The molecule has 2 N–H and O–H groups in total. The largest absolute Gasteiger partial charge is 0.490 e. The Labute approximate surface area is 181 Å². The molecule has 0 atom stereocenters. The van der Waals surface area contributed by atoms with Crippen LogP contribution in [0.4, 0.5) is 13.2 Å². The van der Waals surface area contributed by atoms with Gasteiger partial charge < -0.3 is 15.3 Å². The van der Waals surface area contributed by atoms with Gasteiger partial charge in [0.2, 0.25) is 10.0 Å². The zero-order chi connectivity index (χ0) is 22.9. The third-order valence-corrected chi connectivity index (χ3v) is 6.47. The molecule has 0 radical (unpaired) electrons. The maximum Gasteiger partial charge on any atom is 0.490 e. The van der Waals surface area contributed by atoms with Gasteiger partial charge in [-0.25, -0.2) is 13.2 Å². The van der Waals surface area contributed by atoms with Gasteiger partial charge in [-0.05, 0) is 31.2 Å². The molecule has 1 aromatic rings. The van der Waals surface area contributed by atoms with E-state index in [9.17, 15) is 26.4 Å². The molecule has 0 bridgehead atoms. The van der Waals surface area contributed by atoms with E-state index in [0.29, 0.717) is 38.3 Å². The number of carbonyl (C=O) groups is 2. The Hall–Kier alpha value is -1.70. The lowest BCUT2D eigenvalue weighted by atomic mass is 10.2. The predicted molar refractivity (Wildman–Crippen MR) is 108 cm³/mol. The van der Waals surface area contributed by atoms with Gasteiger partial charge in [0.05, 0.1) is 5.75 Å². The number of benzene rings is 1. The van der Waals surface area contributed by atoms with Gasteiger partial charge in [-0.3, -0.25) is 4.79 Å². The summed E-state index contributed by atoms with van der Waals surface area (Å²) < 4.78 is 58.9. The zero-order valence-electron chi connectivity index (χ0n) is 16.2. The van der Waals surface area contributed by atoms with E-state index in [1.807, 2.05) is 6.92 Å². The first kappa shape index (κ1) is 26.3. The zero-order valence-corrected chi connectivity index (χ0v) is 18.6. The van der Waals surface area contributed by atoms with Crippen LogP contribution in [-0.4, -0.2) is 85.8 Å². The summed E-state index contributed by atoms with van der Waals surface area (Å²) in [7, 11) is -3.32. The lowest BCUT2D eigenvalue weighted by molar-refractivity contribution is -0.192. The molecule has 0 spiro atoms. The van der Waals surface area contributed by atoms with Crippen molar-refractivity contribution in [3.63, 3.8) is 0 Å². The number of halogens is 4. The minimum absolute atomic E-state index is 0.0386. The Morgan fingerprint density at radius 1 is 1.20 bits per heavy atom. The standard InChI is InChI=1S/C15H22BrN3O3S.C2HF3O2/c1-2-18(15(20)13-3-5-14(16)6-4-13)11-12-23(21,22)19-9-7-17-8-10-19;3-2(4,5)1(6)7/h3-6,17H,2,7-12H2,1H3;(H,6,7). The number of carbonyl (C=O) groups excluding carboxylic acids is 1. The normalized spacial score (nSPS) is 15.1. The van der Waals surface area contributed by atoms with E-state index in [1.165, 1.54) is 4.31 Å². The number of alkyl halides is 3. The Kier molecular flexibility index (Phi) is 10.2. The molecule has 1 fully saturated rings. The molecule has 8 nitrogen and oxygen atoms in total. The van der Waals surface area contributed by atoms with Crippen LogP contribution in [-0.2, 0) is 14.8 Å². The summed E-state index contributed by atoms with van der Waals surface area (Å²) in [6, 6.07) is 7.08. The van der Waals surface area contributed by atoms with Gasteiger partial charge >= 0.3 is 12.1 Å². The summed E-state index contributed by atoms with van der Waals surface area (Å²) in [5, 5.41) is 10.3. The van der Waals surface area contributed by atoms with Crippen molar-refractivity contribution >= 4 is 37.8 Å². The number of piperazine rings is 1. The summed E-state index contributed by atoms with van der Waals surface area (Å²) in [5.41, 5.74) is 0.564. The number of rotatable bonds is 6. The fourth-order valence-corrected chi connectivity index (χ4v) is 4.17. The lowest BCUT2D eigenvalue weighted by Crippen LogP contribution is -2.48. The van der Waals surface area contributed by atoms with E-state index >= 15 is 0 Å². The fraction of sp³-hybridized carbons (Fsp3) is 0.529. The van der Waals surface area contributed by atoms with Crippen molar-refractivity contribution in [1.82, 2.24) is 14.5 Å². The van der Waals surface area contributed by atoms with Crippen LogP contribution in [0.3, 0.4) is 0 Å². The van der Waals surface area contributed by atoms with Crippen LogP contribution in [0.1, 0.15) is 17.3 Å². The summed E-state index contributed by atoms with van der Waals surface area (Å²) >= 11 is 3.33. The SMILES string of the molecule is CCN(CCS(=O)(=O)N1CCNCC1)C(=O)c1ccc(Br)cc1.O=C(O)C(F)(F)F. The van der Waals surface area contributed by atoms with Crippen molar-refractivity contribution in [3.8, 4) is 0 Å². The van der Waals surface area contributed by atoms with Crippen molar-refractivity contribution in [2.45, 2.75) is 13.1 Å². The van der Waals surface area contributed by atoms with Crippen LogP contribution >= 0.6 is 15.9 Å². The van der Waals surface area contributed by atoms with Gasteiger partial charge in [-0.15, -0.1) is 0 Å². The molecule has 0 aliphatic carbocycles. The summed E-state index contributed by atoms with van der Waals surface area (Å²) in [6.07, 6.45) is -5.08. The molecule has 1 aliphatic rings. The Morgan fingerprint density at radius 3 is 2.13 bits per heavy atom. The monoisotopic (exact) mass is 517 g/mol. The molecular formula is C17H23BrF3N3O5S. The van der Waals surface area contributed by atoms with Crippen LogP contribution in [0.25, 0.3) is 0 Å². The van der Waals surface area contributed by atoms with Crippen LogP contribution in [0.2, 0.25) is 0 Å². The molecule has 170 valence electrons. The third-order valence-electron chi connectivity index (χ3n) is 4.09. The van der Waals surface area contributed by atoms with E-state index in [2.05, 4.69) is 21.2 Å². The Morgan fingerprint density at radius 2 is 1.70 bits per heavy atom. The quantitative estimate of drug-likeness (QED) is 0.595. The fourth-order valence-electron chi connectivity index (χ4n) is 2.46. The lowest BCUT2D eigenvalue weighted by Gasteiger charge is -2.28. The van der Waals surface area contributed by atoms with E-state index in [4.69, 9.17) is 9.90 Å². The average molecular weight is 518 g/mol. The van der Waals surface area contributed by atoms with E-state index in [-0.39, 0.29) is 18.2 Å². The summed E-state index contributed by atoms with van der Waals surface area (Å²) in [5.74, 6) is -2.94. The molecule has 0 aromatic heterocycles. The number of hydrogen-bond acceptors (Lipinski definition) is 5. The maximum absolute atomic E-state index is 12.5. The minimum atomic E-state index is -5.08. The van der Waals surface area contributed by atoms with E-state index in [0.717, 1.165) is 4.47 Å². The maximum atomic E-state index is 12.5. The van der Waals surface area contributed by atoms with Crippen LogP contribution in [0, 0.1) is 0 Å². The molecule has 1 aromatic carbocycles. The summed E-state index contributed by atoms with van der Waals surface area (Å²) in [4.78, 5) is 22.9. The van der Waals surface area contributed by atoms with Gasteiger partial charge in [0.15, 0.2) is 0 Å². The first-order valence-corrected chi connectivity index (χ1v) is 11.3. The van der Waals surface area contributed by atoms with Gasteiger partial charge in [0, 0.05) is 49.3 Å². The van der Waals surface area contributed by atoms with Crippen molar-refractivity contribution in [2.75, 3.05) is 45.0 Å². The van der Waals surface area contributed by atoms with Crippen LogP contribution in [0.15, 0.2) is 28.7 Å². The highest BCUT2D eigenvalue weighted by molar-refractivity contribution is 9.10. The highest BCUT2D eigenvalue weighted by Gasteiger charge is 2.38. The topological polar surface area (TPSA) is 107 Å². The van der Waals surface area contributed by atoms with Crippen molar-refractivity contribution in [3.05, 3.63) is 34.3 Å². The number of amides is 1. The van der Waals surface area contributed by atoms with E-state index < -0.39 is 22.2 Å². The number of sulfonamides is 1. The highest BCUT2D eigenvalue weighted by Crippen LogP contribution is 2.14. The first-order valence-electron chi connectivity index (χ1n) is 8.92. The number of nitrogens with one attached hydrogen (secondary N) is 1. The second-order valence-corrected chi connectivity index (χ2v) is 9.16. The number of carboxylic acids is 1. The van der Waals surface area contributed by atoms with E-state index in [1.54, 1.807) is 29.2 Å². The molecule has 0 saturated carbocycles. The third kappa shape index (κ3) is 8.58. The van der Waals surface area contributed by atoms with Gasteiger partial charge in [-0.1, -0.05) is 15.9 Å². The first-order chi connectivity index (χ1) is 13.9. The number of carboxylic acid groups (broad SMARTS) is 1.